The molecule has 2 aromatic carbocycles. The van der Waals surface area contributed by atoms with Crippen LogP contribution in [0.1, 0.15) is 74.6 Å². The number of alkyl carbamates (subject to hydrolysis) is 1. The molecule has 0 aliphatic rings. The fourth-order valence-corrected chi connectivity index (χ4v) is 5.14. The molecule has 3 aromatic rings. The highest BCUT2D eigenvalue weighted by Gasteiger charge is 2.28. The molecule has 0 aliphatic heterocycles. The molecule has 0 aliphatic carbocycles. The molecule has 0 saturated carbocycles. The summed E-state index contributed by atoms with van der Waals surface area (Å²) in [6.45, 7) is 10.1. The van der Waals surface area contributed by atoms with Gasteiger partial charge in [0.25, 0.3) is 0 Å². The van der Waals surface area contributed by atoms with Crippen LogP contribution in [0.2, 0.25) is 0 Å². The molecule has 0 fully saturated rings. The Morgan fingerprint density at radius 1 is 0.875 bits per heavy atom. The lowest BCUT2D eigenvalue weighted by molar-refractivity contribution is -0.124. The Labute approximate surface area is 240 Å². The first-order valence-electron chi connectivity index (χ1n) is 13.7. The minimum absolute atomic E-state index is 0.0681. The highest BCUT2D eigenvalue weighted by molar-refractivity contribution is 7.09. The number of hydrogen-bond donors (Lipinski definition) is 2. The first kappa shape index (κ1) is 30.8. The highest BCUT2D eigenvalue weighted by Crippen LogP contribution is 2.26. The van der Waals surface area contributed by atoms with E-state index in [9.17, 15) is 14.4 Å². The van der Waals surface area contributed by atoms with E-state index in [1.54, 1.807) is 12.3 Å². The molecular weight excluding hydrogens is 526 g/mol. The molecule has 40 heavy (non-hydrogen) atoms. The monoisotopic (exact) mass is 565 g/mol. The summed E-state index contributed by atoms with van der Waals surface area (Å²) < 4.78 is 10.6. The van der Waals surface area contributed by atoms with Gasteiger partial charge in [-0.05, 0) is 48.3 Å². The van der Waals surface area contributed by atoms with Gasteiger partial charge in [-0.3, -0.25) is 4.79 Å². The van der Waals surface area contributed by atoms with E-state index in [4.69, 9.17) is 9.47 Å². The summed E-state index contributed by atoms with van der Waals surface area (Å²) in [5, 5.41) is 8.07. The molecule has 0 saturated heterocycles. The Morgan fingerprint density at radius 3 is 2.23 bits per heavy atom. The van der Waals surface area contributed by atoms with Crippen molar-refractivity contribution in [2.75, 3.05) is 6.61 Å². The molecule has 2 amide bonds. The van der Waals surface area contributed by atoms with Gasteiger partial charge in [0, 0.05) is 5.38 Å². The van der Waals surface area contributed by atoms with E-state index in [2.05, 4.69) is 15.6 Å². The van der Waals surface area contributed by atoms with Crippen molar-refractivity contribution in [1.82, 2.24) is 15.6 Å². The van der Waals surface area contributed by atoms with E-state index in [0.717, 1.165) is 16.7 Å². The Balaban J connectivity index is 1.69. The van der Waals surface area contributed by atoms with Crippen molar-refractivity contribution in [2.24, 2.45) is 11.8 Å². The maximum Gasteiger partial charge on any atom is 0.408 e. The quantitative estimate of drug-likeness (QED) is 0.228. The number of carbonyl (C=O) groups excluding carboxylic acids is 3. The molecular formula is C31H39N3O5S. The lowest BCUT2D eigenvalue weighted by atomic mass is 10.0. The normalized spacial score (nSPS) is 12.6. The summed E-state index contributed by atoms with van der Waals surface area (Å²) in [6, 6.07) is 16.4. The molecule has 0 unspecified atom stereocenters. The summed E-state index contributed by atoms with van der Waals surface area (Å²) in [6.07, 6.45) is 0.390. The molecule has 0 radical (unpaired) electrons. The van der Waals surface area contributed by atoms with Gasteiger partial charge in [0.05, 0.1) is 12.6 Å². The maximum absolute atomic E-state index is 13.4. The van der Waals surface area contributed by atoms with Gasteiger partial charge in [0.1, 0.15) is 17.7 Å². The van der Waals surface area contributed by atoms with Crippen molar-refractivity contribution in [1.29, 1.82) is 0 Å². The van der Waals surface area contributed by atoms with Crippen molar-refractivity contribution in [3.05, 3.63) is 76.2 Å². The number of carbonyl (C=O) groups is 3. The minimum atomic E-state index is -0.795. The number of thiazole rings is 1. The molecule has 3 rings (SSSR count). The van der Waals surface area contributed by atoms with Gasteiger partial charge in [-0.1, -0.05) is 82.3 Å². The second-order valence-electron chi connectivity index (χ2n) is 10.4. The van der Waals surface area contributed by atoms with E-state index < -0.39 is 24.1 Å². The number of rotatable bonds is 13. The second kappa shape index (κ2) is 15.2. The molecule has 1 aromatic heterocycles. The SMILES string of the molecule is CCOC(=O)c1csc([C@H](CC(C)C)NC(=O)[C@H](CC(C)C)NC(=O)OCc2ccccc2-c2ccccc2)n1. The van der Waals surface area contributed by atoms with E-state index >= 15 is 0 Å². The summed E-state index contributed by atoms with van der Waals surface area (Å²) in [4.78, 5) is 42.8. The fraction of sp³-hybridized carbons (Fsp3) is 0.419. The van der Waals surface area contributed by atoms with Crippen LogP contribution >= 0.6 is 11.3 Å². The summed E-state index contributed by atoms with van der Waals surface area (Å²) in [7, 11) is 0. The van der Waals surface area contributed by atoms with Crippen molar-refractivity contribution >= 4 is 29.3 Å². The van der Waals surface area contributed by atoms with Crippen molar-refractivity contribution in [3.8, 4) is 11.1 Å². The third-order valence-electron chi connectivity index (χ3n) is 6.10. The molecule has 0 spiro atoms. The van der Waals surface area contributed by atoms with Gasteiger partial charge >= 0.3 is 12.1 Å². The van der Waals surface area contributed by atoms with Gasteiger partial charge in [-0.2, -0.15) is 0 Å². The van der Waals surface area contributed by atoms with E-state index in [1.165, 1.54) is 11.3 Å². The van der Waals surface area contributed by atoms with E-state index in [-0.39, 0.29) is 36.7 Å². The first-order valence-corrected chi connectivity index (χ1v) is 14.5. The molecule has 2 N–H and O–H groups in total. The third-order valence-corrected chi connectivity index (χ3v) is 7.06. The number of aromatic nitrogens is 1. The van der Waals surface area contributed by atoms with Crippen molar-refractivity contribution < 1.29 is 23.9 Å². The standard InChI is InChI=1S/C31H39N3O5S/c1-6-38-30(36)27-19-40-29(33-27)26(17-21(4)5)32-28(35)25(16-20(2)3)34-31(37)39-18-23-14-10-11-15-24(23)22-12-8-7-9-13-22/h7-15,19-21,25-26H,6,16-18H2,1-5H3,(H,32,35)(H,34,37)/t25-,26-/m0/s1. The van der Waals surface area contributed by atoms with Crippen LogP contribution in [0.3, 0.4) is 0 Å². The molecule has 214 valence electrons. The van der Waals surface area contributed by atoms with Crippen molar-refractivity contribution in [2.45, 2.75) is 66.2 Å². The number of ether oxygens (including phenoxy) is 2. The first-order chi connectivity index (χ1) is 19.2. The topological polar surface area (TPSA) is 107 Å². The second-order valence-corrected chi connectivity index (χ2v) is 11.3. The Morgan fingerprint density at radius 2 is 1.55 bits per heavy atom. The number of nitrogens with zero attached hydrogens (tertiary/aromatic N) is 1. The van der Waals surface area contributed by atoms with Crippen LogP contribution in [0.4, 0.5) is 4.79 Å². The summed E-state index contributed by atoms with van der Waals surface area (Å²) in [5.74, 6) is -0.412. The molecule has 0 bridgehead atoms. The number of benzene rings is 2. The lowest BCUT2D eigenvalue weighted by Crippen LogP contribution is -2.48. The van der Waals surface area contributed by atoms with E-state index in [1.807, 2.05) is 82.3 Å². The van der Waals surface area contributed by atoms with Gasteiger partial charge in [-0.15, -0.1) is 11.3 Å². The largest absolute Gasteiger partial charge is 0.461 e. The zero-order valence-corrected chi connectivity index (χ0v) is 24.6. The Kier molecular flexibility index (Phi) is 11.7. The Bertz CT molecular complexity index is 1260. The lowest BCUT2D eigenvalue weighted by Gasteiger charge is -2.24. The van der Waals surface area contributed by atoms with Gasteiger partial charge in [0.2, 0.25) is 5.91 Å². The van der Waals surface area contributed by atoms with Crippen LogP contribution < -0.4 is 10.6 Å². The molecule has 2 atom stereocenters. The van der Waals surface area contributed by atoms with Crippen LogP contribution in [0.15, 0.2) is 60.0 Å². The Hall–Kier alpha value is -3.72. The average molecular weight is 566 g/mol. The average Bonchev–Trinajstić information content (AvgIpc) is 3.42. The van der Waals surface area contributed by atoms with Crippen LogP contribution in [0.5, 0.6) is 0 Å². The zero-order valence-electron chi connectivity index (χ0n) is 23.8. The van der Waals surface area contributed by atoms with Crippen LogP contribution in [-0.2, 0) is 20.9 Å². The number of nitrogens with one attached hydrogen (secondary N) is 2. The number of hydrogen-bond acceptors (Lipinski definition) is 7. The predicted molar refractivity (Wildman–Crippen MR) is 157 cm³/mol. The molecule has 9 heteroatoms. The molecule has 1 heterocycles. The smallest absolute Gasteiger partial charge is 0.408 e. The maximum atomic E-state index is 13.4. The highest BCUT2D eigenvalue weighted by atomic mass is 32.1. The van der Waals surface area contributed by atoms with Gasteiger partial charge in [0.15, 0.2) is 5.69 Å². The fourth-order valence-electron chi connectivity index (χ4n) is 4.29. The number of amides is 2. The summed E-state index contributed by atoms with van der Waals surface area (Å²) in [5.41, 5.74) is 3.10. The minimum Gasteiger partial charge on any atom is -0.461 e. The summed E-state index contributed by atoms with van der Waals surface area (Å²) >= 11 is 1.30. The van der Waals surface area contributed by atoms with Crippen molar-refractivity contribution in [3.63, 3.8) is 0 Å². The van der Waals surface area contributed by atoms with Gasteiger partial charge in [-0.25, -0.2) is 14.6 Å². The van der Waals surface area contributed by atoms with E-state index in [0.29, 0.717) is 17.8 Å². The van der Waals surface area contributed by atoms with Gasteiger partial charge < -0.3 is 20.1 Å². The zero-order chi connectivity index (χ0) is 29.1. The third kappa shape index (κ3) is 9.19. The number of esters is 1. The van der Waals surface area contributed by atoms with Crippen LogP contribution in [0.25, 0.3) is 11.1 Å². The molecule has 8 nitrogen and oxygen atoms in total. The predicted octanol–water partition coefficient (Wildman–Crippen LogP) is 6.53. The van der Waals surface area contributed by atoms with Crippen LogP contribution in [0, 0.1) is 11.8 Å². The van der Waals surface area contributed by atoms with Crippen LogP contribution in [-0.4, -0.2) is 35.6 Å².